The van der Waals surface area contributed by atoms with Crippen LogP contribution in [0.4, 0.5) is 5.69 Å². The van der Waals surface area contributed by atoms with Gasteiger partial charge in [0.2, 0.25) is 0 Å². The summed E-state index contributed by atoms with van der Waals surface area (Å²) in [5.41, 5.74) is 2.19. The van der Waals surface area contributed by atoms with Gasteiger partial charge < -0.3 is 15.5 Å². The van der Waals surface area contributed by atoms with Gasteiger partial charge >= 0.3 is 0 Å². The van der Waals surface area contributed by atoms with Gasteiger partial charge in [0.1, 0.15) is 0 Å². The number of nitrogens with one attached hydrogen (secondary N) is 1. The first kappa shape index (κ1) is 19.9. The van der Waals surface area contributed by atoms with Crippen molar-refractivity contribution in [2.45, 2.75) is 0 Å². The Morgan fingerprint density at radius 1 is 0.710 bits per heavy atom. The average Bonchev–Trinajstić information content (AvgIpc) is 2.79. The Hall–Kier alpha value is -4.38. The van der Waals surface area contributed by atoms with Crippen molar-refractivity contribution in [2.24, 2.45) is 0 Å². The lowest BCUT2D eigenvalue weighted by Crippen LogP contribution is -2.11. The number of carbonyl (C=O) groups excluding carboxylic acids is 2. The summed E-state index contributed by atoms with van der Waals surface area (Å²) in [5, 5.41) is 23.7. The van der Waals surface area contributed by atoms with Crippen molar-refractivity contribution in [3.8, 4) is 11.5 Å². The lowest BCUT2D eigenvalue weighted by atomic mass is 10.1. The molecule has 0 spiro atoms. The third kappa shape index (κ3) is 4.62. The summed E-state index contributed by atoms with van der Waals surface area (Å²) in [6.45, 7) is 0. The molecule has 0 bridgehead atoms. The molecule has 0 aliphatic carbocycles. The molecule has 152 valence electrons. The quantitative estimate of drug-likeness (QED) is 0.234. The lowest BCUT2D eigenvalue weighted by Gasteiger charge is -2.07. The standard InChI is InChI=1S/C26H19NO4/c28-23(13-5-17-6-14-24(29)25(30)15-17)19-9-11-22(12-10-19)27-26(31)21-8-7-18-3-1-2-4-20(18)16-21/h1-16,29-30H,(H,27,31)/b13-5+. The molecule has 0 saturated carbocycles. The Bertz CT molecular complexity index is 1310. The summed E-state index contributed by atoms with van der Waals surface area (Å²) in [6, 6.07) is 24.3. The van der Waals surface area contributed by atoms with Gasteiger partial charge in [-0.1, -0.05) is 42.5 Å². The fraction of sp³-hybridized carbons (Fsp3) is 0. The number of carbonyl (C=O) groups is 2. The first-order valence-electron chi connectivity index (χ1n) is 9.64. The van der Waals surface area contributed by atoms with Crippen molar-refractivity contribution >= 4 is 34.2 Å². The molecular formula is C26H19NO4. The first-order chi connectivity index (χ1) is 15.0. The molecule has 4 aromatic rings. The van der Waals surface area contributed by atoms with Crippen LogP contribution >= 0.6 is 0 Å². The van der Waals surface area contributed by atoms with E-state index in [0.29, 0.717) is 22.4 Å². The number of amides is 1. The molecule has 0 fully saturated rings. The second-order valence-electron chi connectivity index (χ2n) is 7.04. The molecule has 5 nitrogen and oxygen atoms in total. The zero-order chi connectivity index (χ0) is 21.8. The molecule has 31 heavy (non-hydrogen) atoms. The highest BCUT2D eigenvalue weighted by molar-refractivity contribution is 6.08. The van der Waals surface area contributed by atoms with Crippen LogP contribution in [0.2, 0.25) is 0 Å². The van der Waals surface area contributed by atoms with Gasteiger partial charge in [-0.05, 0) is 70.9 Å². The van der Waals surface area contributed by atoms with Crippen molar-refractivity contribution in [1.82, 2.24) is 0 Å². The maximum Gasteiger partial charge on any atom is 0.255 e. The first-order valence-corrected chi connectivity index (χ1v) is 9.64. The third-order valence-corrected chi connectivity index (χ3v) is 4.87. The Balaban J connectivity index is 1.43. The van der Waals surface area contributed by atoms with Gasteiger partial charge in [0, 0.05) is 16.8 Å². The van der Waals surface area contributed by atoms with Crippen LogP contribution in [-0.2, 0) is 0 Å². The normalized spacial score (nSPS) is 11.0. The Morgan fingerprint density at radius 3 is 2.16 bits per heavy atom. The number of anilines is 1. The van der Waals surface area contributed by atoms with Crippen molar-refractivity contribution in [2.75, 3.05) is 5.32 Å². The molecule has 0 heterocycles. The number of phenolic OH excluding ortho intramolecular Hbond substituents is 2. The molecule has 0 unspecified atom stereocenters. The van der Waals surface area contributed by atoms with Gasteiger partial charge in [0.25, 0.3) is 5.91 Å². The number of rotatable bonds is 5. The molecule has 5 heteroatoms. The second kappa shape index (κ2) is 8.55. The van der Waals surface area contributed by atoms with E-state index in [2.05, 4.69) is 5.32 Å². The fourth-order valence-corrected chi connectivity index (χ4v) is 3.16. The Labute approximate surface area is 178 Å². The highest BCUT2D eigenvalue weighted by Crippen LogP contribution is 2.25. The number of allylic oxidation sites excluding steroid dienone is 1. The van der Waals surface area contributed by atoms with E-state index in [1.807, 2.05) is 36.4 Å². The summed E-state index contributed by atoms with van der Waals surface area (Å²) in [5.74, 6) is -0.914. The molecule has 0 aromatic heterocycles. The van der Waals surface area contributed by atoms with Crippen molar-refractivity contribution < 1.29 is 19.8 Å². The Morgan fingerprint density at radius 2 is 1.42 bits per heavy atom. The van der Waals surface area contributed by atoms with E-state index in [4.69, 9.17) is 0 Å². The SMILES string of the molecule is O=C(/C=C/c1ccc(O)c(O)c1)c1ccc(NC(=O)c2ccc3ccccc3c2)cc1. The largest absolute Gasteiger partial charge is 0.504 e. The monoisotopic (exact) mass is 409 g/mol. The zero-order valence-electron chi connectivity index (χ0n) is 16.4. The van der Waals surface area contributed by atoms with Gasteiger partial charge in [0.05, 0.1) is 0 Å². The number of hydrogen-bond donors (Lipinski definition) is 3. The number of phenols is 2. The van der Waals surface area contributed by atoms with Crippen LogP contribution in [0.15, 0.2) is 91.0 Å². The average molecular weight is 409 g/mol. The minimum atomic E-state index is -0.249. The predicted molar refractivity (Wildman–Crippen MR) is 121 cm³/mol. The van der Waals surface area contributed by atoms with E-state index in [9.17, 15) is 19.8 Å². The number of ketones is 1. The van der Waals surface area contributed by atoms with Crippen LogP contribution in [0.25, 0.3) is 16.8 Å². The van der Waals surface area contributed by atoms with E-state index in [0.717, 1.165) is 10.8 Å². The summed E-state index contributed by atoms with van der Waals surface area (Å²) in [7, 11) is 0. The van der Waals surface area contributed by atoms with Crippen molar-refractivity contribution in [3.63, 3.8) is 0 Å². The number of aromatic hydroxyl groups is 2. The second-order valence-corrected chi connectivity index (χ2v) is 7.04. The predicted octanol–water partition coefficient (Wildman–Crippen LogP) is 5.40. The molecule has 0 aliphatic heterocycles. The minimum Gasteiger partial charge on any atom is -0.504 e. The van der Waals surface area contributed by atoms with Gasteiger partial charge in [-0.3, -0.25) is 9.59 Å². The van der Waals surface area contributed by atoms with Crippen LogP contribution in [0, 0.1) is 0 Å². The van der Waals surface area contributed by atoms with Gasteiger partial charge in [-0.2, -0.15) is 0 Å². The van der Waals surface area contributed by atoms with E-state index in [1.54, 1.807) is 42.5 Å². The maximum absolute atomic E-state index is 12.6. The van der Waals surface area contributed by atoms with Gasteiger partial charge in [-0.15, -0.1) is 0 Å². The van der Waals surface area contributed by atoms with Crippen LogP contribution < -0.4 is 5.32 Å². The molecule has 0 atom stereocenters. The summed E-state index contributed by atoms with van der Waals surface area (Å²) in [4.78, 5) is 24.9. The fourth-order valence-electron chi connectivity index (χ4n) is 3.16. The maximum atomic E-state index is 12.6. The molecule has 0 radical (unpaired) electrons. The molecule has 3 N–H and O–H groups in total. The van der Waals surface area contributed by atoms with Crippen molar-refractivity contribution in [3.05, 3.63) is 108 Å². The van der Waals surface area contributed by atoms with E-state index >= 15 is 0 Å². The minimum absolute atomic E-state index is 0.218. The smallest absolute Gasteiger partial charge is 0.255 e. The molecular weight excluding hydrogens is 390 g/mol. The summed E-state index contributed by atoms with van der Waals surface area (Å²) < 4.78 is 0. The van der Waals surface area contributed by atoms with Crippen LogP contribution in [0.1, 0.15) is 26.3 Å². The summed E-state index contributed by atoms with van der Waals surface area (Å²) in [6.07, 6.45) is 2.94. The molecule has 0 saturated heterocycles. The highest BCUT2D eigenvalue weighted by atomic mass is 16.3. The molecule has 0 aliphatic rings. The van der Waals surface area contributed by atoms with E-state index < -0.39 is 0 Å². The Kier molecular flexibility index (Phi) is 5.49. The number of fused-ring (bicyclic) bond motifs is 1. The molecule has 1 amide bonds. The van der Waals surface area contributed by atoms with E-state index in [-0.39, 0.29) is 23.2 Å². The van der Waals surface area contributed by atoms with Gasteiger partial charge in [-0.25, -0.2) is 0 Å². The lowest BCUT2D eigenvalue weighted by molar-refractivity contribution is 0.102. The van der Waals surface area contributed by atoms with Crippen LogP contribution in [-0.4, -0.2) is 21.9 Å². The van der Waals surface area contributed by atoms with Crippen LogP contribution in [0.3, 0.4) is 0 Å². The van der Waals surface area contributed by atoms with Crippen molar-refractivity contribution in [1.29, 1.82) is 0 Å². The molecule has 4 aromatic carbocycles. The van der Waals surface area contributed by atoms with Crippen LogP contribution in [0.5, 0.6) is 11.5 Å². The number of hydrogen-bond acceptors (Lipinski definition) is 4. The van der Waals surface area contributed by atoms with Gasteiger partial charge in [0.15, 0.2) is 17.3 Å². The highest BCUT2D eigenvalue weighted by Gasteiger charge is 2.08. The summed E-state index contributed by atoms with van der Waals surface area (Å²) >= 11 is 0. The number of benzene rings is 4. The third-order valence-electron chi connectivity index (χ3n) is 4.87. The topological polar surface area (TPSA) is 86.6 Å². The zero-order valence-corrected chi connectivity index (χ0v) is 16.4. The molecule has 4 rings (SSSR count). The van der Waals surface area contributed by atoms with E-state index in [1.165, 1.54) is 18.2 Å².